The minimum atomic E-state index is -1.40. The van der Waals surface area contributed by atoms with Crippen molar-refractivity contribution in [3.63, 3.8) is 0 Å². The van der Waals surface area contributed by atoms with Crippen LogP contribution in [0, 0.1) is 6.92 Å². The van der Waals surface area contributed by atoms with Crippen LogP contribution in [-0.4, -0.2) is 46.0 Å². The van der Waals surface area contributed by atoms with Gasteiger partial charge in [-0.3, -0.25) is 0 Å². The molecule has 7 nitrogen and oxygen atoms in total. The van der Waals surface area contributed by atoms with Crippen LogP contribution in [0.25, 0.3) is 11.0 Å². The number of rotatable bonds is 2. The first kappa shape index (κ1) is 15.9. The van der Waals surface area contributed by atoms with E-state index >= 15 is 0 Å². The first-order valence-corrected chi connectivity index (χ1v) is 7.27. The molecule has 23 heavy (non-hydrogen) atoms. The predicted molar refractivity (Wildman–Crippen MR) is 80.2 cm³/mol. The molecule has 1 saturated heterocycles. The van der Waals surface area contributed by atoms with E-state index < -0.39 is 36.3 Å². The first-order chi connectivity index (χ1) is 10.9. The molecule has 3 N–H and O–H groups in total. The molecule has 0 spiro atoms. The number of hydrogen-bond acceptors (Lipinski definition) is 7. The summed E-state index contributed by atoms with van der Waals surface area (Å²) < 4.78 is 16.0. The quantitative estimate of drug-likeness (QED) is 0.683. The van der Waals surface area contributed by atoms with Gasteiger partial charge in [-0.2, -0.15) is 0 Å². The first-order valence-electron chi connectivity index (χ1n) is 7.27. The fourth-order valence-electron chi connectivity index (χ4n) is 2.62. The molecule has 0 radical (unpaired) electrons. The Morgan fingerprint density at radius 1 is 1.09 bits per heavy atom. The van der Waals surface area contributed by atoms with E-state index in [0.29, 0.717) is 11.3 Å². The molecule has 1 aromatic carbocycles. The Morgan fingerprint density at radius 3 is 2.57 bits per heavy atom. The highest BCUT2D eigenvalue weighted by Gasteiger charge is 2.43. The molecule has 2 aromatic rings. The lowest BCUT2D eigenvalue weighted by molar-refractivity contribution is -0.268. The normalized spacial score (nSPS) is 31.3. The summed E-state index contributed by atoms with van der Waals surface area (Å²) in [7, 11) is 0. The monoisotopic (exact) mass is 322 g/mol. The maximum Gasteiger partial charge on any atom is 0.336 e. The lowest BCUT2D eigenvalue weighted by atomic mass is 10.00. The van der Waals surface area contributed by atoms with E-state index in [1.165, 1.54) is 12.1 Å². The Kier molecular flexibility index (Phi) is 4.11. The van der Waals surface area contributed by atoms with Gasteiger partial charge in [-0.1, -0.05) is 0 Å². The van der Waals surface area contributed by atoms with Crippen molar-refractivity contribution in [3.8, 4) is 5.75 Å². The van der Waals surface area contributed by atoms with Crippen molar-refractivity contribution in [2.24, 2.45) is 0 Å². The Hall–Kier alpha value is -1.93. The third-order valence-electron chi connectivity index (χ3n) is 3.98. The van der Waals surface area contributed by atoms with Crippen molar-refractivity contribution in [3.05, 3.63) is 40.2 Å². The summed E-state index contributed by atoms with van der Waals surface area (Å²) in [4.78, 5) is 11.4. The molecule has 7 heteroatoms. The van der Waals surface area contributed by atoms with Crippen molar-refractivity contribution in [1.82, 2.24) is 0 Å². The molecule has 0 bridgehead atoms. The number of aliphatic hydroxyl groups excluding tert-OH is 3. The van der Waals surface area contributed by atoms with E-state index in [1.54, 1.807) is 26.0 Å². The second-order valence-electron chi connectivity index (χ2n) is 5.71. The Bertz CT molecular complexity index is 769. The molecule has 1 fully saturated rings. The second kappa shape index (κ2) is 5.93. The van der Waals surface area contributed by atoms with Crippen molar-refractivity contribution in [2.75, 3.05) is 0 Å². The van der Waals surface area contributed by atoms with Crippen molar-refractivity contribution >= 4 is 11.0 Å². The van der Waals surface area contributed by atoms with Crippen LogP contribution in [0.4, 0.5) is 0 Å². The third-order valence-corrected chi connectivity index (χ3v) is 3.98. The summed E-state index contributed by atoms with van der Waals surface area (Å²) in [6.45, 7) is 3.37. The molecule has 0 aliphatic carbocycles. The van der Waals surface area contributed by atoms with E-state index in [4.69, 9.17) is 13.9 Å². The molecule has 5 atom stereocenters. The predicted octanol–water partition coefficient (Wildman–Crippen LogP) is 0.308. The molecule has 1 aliphatic rings. The van der Waals surface area contributed by atoms with Crippen LogP contribution in [0.5, 0.6) is 5.75 Å². The van der Waals surface area contributed by atoms with E-state index in [-0.39, 0.29) is 0 Å². The number of benzene rings is 1. The van der Waals surface area contributed by atoms with Gasteiger partial charge in [0.1, 0.15) is 29.6 Å². The minimum Gasteiger partial charge on any atom is -0.462 e. The number of aliphatic hydroxyl groups is 3. The van der Waals surface area contributed by atoms with Crippen LogP contribution in [-0.2, 0) is 4.74 Å². The van der Waals surface area contributed by atoms with Gasteiger partial charge in [-0.15, -0.1) is 0 Å². The topological polar surface area (TPSA) is 109 Å². The highest BCUT2D eigenvalue weighted by atomic mass is 16.7. The lowest BCUT2D eigenvalue weighted by Gasteiger charge is -2.38. The van der Waals surface area contributed by atoms with Gasteiger partial charge in [0.05, 0.1) is 6.10 Å². The summed E-state index contributed by atoms with van der Waals surface area (Å²) in [5, 5.41) is 30.2. The van der Waals surface area contributed by atoms with Crippen LogP contribution in [0.3, 0.4) is 0 Å². The van der Waals surface area contributed by atoms with E-state index in [2.05, 4.69) is 0 Å². The van der Waals surface area contributed by atoms with E-state index in [1.807, 2.05) is 0 Å². The van der Waals surface area contributed by atoms with Gasteiger partial charge in [-0.25, -0.2) is 4.79 Å². The van der Waals surface area contributed by atoms with E-state index in [0.717, 1.165) is 10.9 Å². The number of fused-ring (bicyclic) bond motifs is 1. The van der Waals surface area contributed by atoms with Gasteiger partial charge < -0.3 is 29.2 Å². The minimum absolute atomic E-state index is 0.311. The average Bonchev–Trinajstić information content (AvgIpc) is 2.50. The number of hydrogen-bond donors (Lipinski definition) is 3. The molecule has 0 unspecified atom stereocenters. The zero-order valence-corrected chi connectivity index (χ0v) is 12.7. The summed E-state index contributed by atoms with van der Waals surface area (Å²) in [5.74, 6) is 0.311. The standard InChI is InChI=1S/C16H18O7/c1-7-5-12(17)23-11-6-9(3-4-10(7)11)22-16-15(20)14(19)13(18)8(2)21-16/h3-6,8,13-16,18-20H,1-2H3/t8-,13-,14+,15+,16-/m1/s1. The summed E-state index contributed by atoms with van der Waals surface area (Å²) in [6, 6.07) is 6.29. The van der Waals surface area contributed by atoms with Gasteiger partial charge >= 0.3 is 5.63 Å². The number of aryl methyl sites for hydroxylation is 1. The zero-order chi connectivity index (χ0) is 16.7. The summed E-state index contributed by atoms with van der Waals surface area (Å²) in [6.07, 6.45) is -5.80. The van der Waals surface area contributed by atoms with Gasteiger partial charge in [0.2, 0.25) is 6.29 Å². The Balaban J connectivity index is 1.88. The average molecular weight is 322 g/mol. The molecule has 124 valence electrons. The molecule has 2 heterocycles. The third kappa shape index (κ3) is 2.96. The molecular weight excluding hydrogens is 304 g/mol. The van der Waals surface area contributed by atoms with Crippen molar-refractivity contribution < 1.29 is 29.2 Å². The summed E-state index contributed by atoms with van der Waals surface area (Å²) in [5.41, 5.74) is 0.670. The van der Waals surface area contributed by atoms with Gasteiger partial charge in [0, 0.05) is 17.5 Å². The van der Waals surface area contributed by atoms with E-state index in [9.17, 15) is 20.1 Å². The lowest BCUT2D eigenvalue weighted by Crippen LogP contribution is -2.58. The maximum atomic E-state index is 11.4. The Labute approximate surface area is 131 Å². The van der Waals surface area contributed by atoms with Crippen LogP contribution in [0.2, 0.25) is 0 Å². The molecule has 1 aromatic heterocycles. The van der Waals surface area contributed by atoms with Gasteiger partial charge in [0.15, 0.2) is 0 Å². The SMILES string of the molecule is Cc1cc(=O)oc2cc(O[C@H]3O[C@H](C)[C@@H](O)[C@H](O)[C@@H]3O)ccc12. The largest absolute Gasteiger partial charge is 0.462 e. The zero-order valence-electron chi connectivity index (χ0n) is 12.7. The molecular formula is C16H18O7. The maximum absolute atomic E-state index is 11.4. The van der Waals surface area contributed by atoms with Gasteiger partial charge in [-0.05, 0) is 31.5 Å². The summed E-state index contributed by atoms with van der Waals surface area (Å²) >= 11 is 0. The highest BCUT2D eigenvalue weighted by molar-refractivity contribution is 5.81. The molecule has 3 rings (SSSR count). The van der Waals surface area contributed by atoms with Gasteiger partial charge in [0.25, 0.3) is 0 Å². The van der Waals surface area contributed by atoms with Crippen molar-refractivity contribution in [2.45, 2.75) is 44.6 Å². The number of ether oxygens (including phenoxy) is 2. The van der Waals surface area contributed by atoms with Crippen LogP contribution in [0.15, 0.2) is 33.5 Å². The van der Waals surface area contributed by atoms with Crippen LogP contribution < -0.4 is 10.4 Å². The highest BCUT2D eigenvalue weighted by Crippen LogP contribution is 2.27. The molecule has 0 amide bonds. The Morgan fingerprint density at radius 2 is 1.83 bits per heavy atom. The van der Waals surface area contributed by atoms with Crippen molar-refractivity contribution in [1.29, 1.82) is 0 Å². The van der Waals surface area contributed by atoms with Crippen LogP contribution in [0.1, 0.15) is 12.5 Å². The second-order valence-corrected chi connectivity index (χ2v) is 5.71. The smallest absolute Gasteiger partial charge is 0.336 e. The fourth-order valence-corrected chi connectivity index (χ4v) is 2.62. The molecule has 0 saturated carbocycles. The fraction of sp³-hybridized carbons (Fsp3) is 0.438. The van der Waals surface area contributed by atoms with Crippen LogP contribution >= 0.6 is 0 Å². The molecule has 1 aliphatic heterocycles.